The third-order valence-corrected chi connectivity index (χ3v) is 4.13. The molecule has 0 spiro atoms. The molecule has 0 saturated carbocycles. The van der Waals surface area contributed by atoms with Crippen LogP contribution in [-0.2, 0) is 4.79 Å². The molecule has 1 amide bonds. The van der Waals surface area contributed by atoms with E-state index in [0.717, 1.165) is 11.1 Å². The van der Waals surface area contributed by atoms with Crippen LogP contribution >= 0.6 is 0 Å². The van der Waals surface area contributed by atoms with E-state index in [0.29, 0.717) is 11.1 Å². The number of carbonyl (C=O) groups is 1. The number of aryl methyl sites for hydroxylation is 1. The first-order valence-electron chi connectivity index (χ1n) is 6.94. The number of hydrogen-bond acceptors (Lipinski definition) is 2. The predicted molar refractivity (Wildman–Crippen MR) is 80.7 cm³/mol. The van der Waals surface area contributed by atoms with Gasteiger partial charge in [-0.3, -0.25) is 4.79 Å². The molecule has 2 atom stereocenters. The van der Waals surface area contributed by atoms with E-state index in [1.807, 2.05) is 37.3 Å². The molecule has 2 aromatic rings. The molecule has 3 nitrogen and oxygen atoms in total. The molecule has 4 heteroatoms. The van der Waals surface area contributed by atoms with Crippen LogP contribution < -0.4 is 11.1 Å². The van der Waals surface area contributed by atoms with E-state index in [4.69, 9.17) is 5.73 Å². The number of anilines is 1. The lowest BCUT2D eigenvalue weighted by molar-refractivity contribution is -0.116. The Hall–Kier alpha value is -2.20. The highest BCUT2D eigenvalue weighted by molar-refractivity contribution is 6.02. The van der Waals surface area contributed by atoms with Gasteiger partial charge in [0.25, 0.3) is 0 Å². The highest BCUT2D eigenvalue weighted by Crippen LogP contribution is 2.37. The largest absolute Gasteiger partial charge is 0.323 e. The minimum absolute atomic E-state index is 0.175. The number of nitrogens with one attached hydrogen (secondary N) is 1. The predicted octanol–water partition coefficient (Wildman–Crippen LogP) is 3.24. The van der Waals surface area contributed by atoms with Crippen molar-refractivity contribution in [1.29, 1.82) is 0 Å². The normalized spacial score (nSPS) is 18.3. The van der Waals surface area contributed by atoms with E-state index in [9.17, 15) is 9.18 Å². The van der Waals surface area contributed by atoms with Crippen LogP contribution in [0.5, 0.6) is 0 Å². The summed E-state index contributed by atoms with van der Waals surface area (Å²) >= 11 is 0. The second-order valence-corrected chi connectivity index (χ2v) is 5.51. The maximum absolute atomic E-state index is 14.2. The third kappa shape index (κ3) is 2.21. The van der Waals surface area contributed by atoms with Crippen LogP contribution in [0.15, 0.2) is 36.4 Å². The summed E-state index contributed by atoms with van der Waals surface area (Å²) in [5, 5.41) is 2.58. The maximum atomic E-state index is 14.2. The van der Waals surface area contributed by atoms with E-state index in [1.165, 1.54) is 6.07 Å². The summed E-state index contributed by atoms with van der Waals surface area (Å²) in [4.78, 5) is 11.7. The molecule has 0 saturated heterocycles. The zero-order valence-corrected chi connectivity index (χ0v) is 12.0. The van der Waals surface area contributed by atoms with Crippen LogP contribution in [-0.4, -0.2) is 5.91 Å². The molecule has 0 aromatic heterocycles. The third-order valence-electron chi connectivity index (χ3n) is 4.13. The molecule has 1 heterocycles. The van der Waals surface area contributed by atoms with Crippen molar-refractivity contribution in [3.8, 4) is 0 Å². The number of fused-ring (bicyclic) bond motifs is 1. The molecule has 1 aliphatic heterocycles. The Labute approximate surface area is 123 Å². The van der Waals surface area contributed by atoms with E-state index in [-0.39, 0.29) is 17.5 Å². The molecular formula is C17H17FN2O. The Bertz CT molecular complexity index is 727. The molecule has 3 rings (SSSR count). The molecule has 3 N–H and O–H groups in total. The first-order valence-corrected chi connectivity index (χ1v) is 6.94. The van der Waals surface area contributed by atoms with Crippen molar-refractivity contribution in [2.75, 3.05) is 5.32 Å². The van der Waals surface area contributed by atoms with Crippen molar-refractivity contribution in [2.24, 2.45) is 5.73 Å². The number of rotatable bonds is 2. The fraction of sp³-hybridized carbons (Fsp3) is 0.235. The number of carbonyl (C=O) groups excluding carboxylic acids is 1. The molecule has 1 aliphatic rings. The quantitative estimate of drug-likeness (QED) is 0.889. The highest BCUT2D eigenvalue weighted by atomic mass is 19.1. The Morgan fingerprint density at radius 3 is 2.71 bits per heavy atom. The van der Waals surface area contributed by atoms with Gasteiger partial charge in [-0.05, 0) is 42.2 Å². The molecule has 0 aliphatic carbocycles. The van der Waals surface area contributed by atoms with Crippen LogP contribution in [0, 0.1) is 12.7 Å². The summed E-state index contributed by atoms with van der Waals surface area (Å²) in [5.74, 6) is -0.951. The molecule has 0 fully saturated rings. The lowest BCUT2D eigenvalue weighted by Crippen LogP contribution is -2.14. The van der Waals surface area contributed by atoms with Gasteiger partial charge in [-0.25, -0.2) is 4.39 Å². The van der Waals surface area contributed by atoms with Crippen molar-refractivity contribution < 1.29 is 9.18 Å². The van der Waals surface area contributed by atoms with Crippen LogP contribution in [0.3, 0.4) is 0 Å². The van der Waals surface area contributed by atoms with Gasteiger partial charge in [-0.2, -0.15) is 0 Å². The Balaban J connectivity index is 2.07. The molecule has 2 unspecified atom stereocenters. The average Bonchev–Trinajstić information content (AvgIpc) is 2.75. The van der Waals surface area contributed by atoms with Crippen LogP contribution in [0.4, 0.5) is 10.1 Å². The minimum atomic E-state index is -0.427. The lowest BCUT2D eigenvalue weighted by Gasteiger charge is -2.17. The highest BCUT2D eigenvalue weighted by Gasteiger charge is 2.30. The molecule has 108 valence electrons. The Kier molecular flexibility index (Phi) is 3.26. The summed E-state index contributed by atoms with van der Waals surface area (Å²) in [6, 6.07) is 10.6. The number of hydrogen-bond donors (Lipinski definition) is 2. The van der Waals surface area contributed by atoms with E-state index in [2.05, 4.69) is 5.32 Å². The first kappa shape index (κ1) is 13.8. The molecule has 2 aromatic carbocycles. The lowest BCUT2D eigenvalue weighted by atomic mass is 9.92. The minimum Gasteiger partial charge on any atom is -0.323 e. The van der Waals surface area contributed by atoms with Crippen LogP contribution in [0.1, 0.15) is 41.1 Å². The summed E-state index contributed by atoms with van der Waals surface area (Å²) < 4.78 is 14.2. The van der Waals surface area contributed by atoms with Crippen LogP contribution in [0.25, 0.3) is 0 Å². The molecule has 21 heavy (non-hydrogen) atoms. The van der Waals surface area contributed by atoms with Gasteiger partial charge < -0.3 is 11.1 Å². The zero-order chi connectivity index (χ0) is 15.1. The smallest absolute Gasteiger partial charge is 0.231 e. The maximum Gasteiger partial charge on any atom is 0.231 e. The van der Waals surface area contributed by atoms with E-state index >= 15 is 0 Å². The number of halogens is 1. The van der Waals surface area contributed by atoms with Crippen molar-refractivity contribution >= 4 is 11.6 Å². The van der Waals surface area contributed by atoms with Crippen molar-refractivity contribution in [3.05, 3.63) is 64.5 Å². The topological polar surface area (TPSA) is 55.1 Å². The Morgan fingerprint density at radius 2 is 2.00 bits per heavy atom. The molecule has 0 bridgehead atoms. The van der Waals surface area contributed by atoms with Gasteiger partial charge >= 0.3 is 0 Å². The van der Waals surface area contributed by atoms with E-state index < -0.39 is 11.9 Å². The molecule has 0 radical (unpaired) electrons. The van der Waals surface area contributed by atoms with Gasteiger partial charge in [0.2, 0.25) is 5.91 Å². The zero-order valence-electron chi connectivity index (χ0n) is 12.0. The van der Waals surface area contributed by atoms with Gasteiger partial charge in [0, 0.05) is 0 Å². The standard InChI is InChI=1S/C17H17FN2O/c1-9-5-3-4-6-12(9)15(19)11-7-13-10(2)17(21)20-16(13)14(18)8-11/h3-8,10,15H,19H2,1-2H3,(H,20,21). The SMILES string of the molecule is Cc1ccccc1C(N)c1cc(F)c2c(c1)C(C)C(=O)N2. The summed E-state index contributed by atoms with van der Waals surface area (Å²) in [6.07, 6.45) is 0. The average molecular weight is 284 g/mol. The van der Waals surface area contributed by atoms with Crippen LogP contribution in [0.2, 0.25) is 0 Å². The van der Waals surface area contributed by atoms with Crippen molar-refractivity contribution in [1.82, 2.24) is 0 Å². The first-order chi connectivity index (χ1) is 9.99. The number of benzene rings is 2. The van der Waals surface area contributed by atoms with Gasteiger partial charge in [-0.1, -0.05) is 30.3 Å². The van der Waals surface area contributed by atoms with Gasteiger partial charge in [0.1, 0.15) is 5.82 Å². The number of nitrogens with two attached hydrogens (primary N) is 1. The summed E-state index contributed by atoms with van der Waals surface area (Å²) in [6.45, 7) is 3.75. The summed E-state index contributed by atoms with van der Waals surface area (Å²) in [5.41, 5.74) is 9.96. The fourth-order valence-corrected chi connectivity index (χ4v) is 2.79. The van der Waals surface area contributed by atoms with Crippen molar-refractivity contribution in [3.63, 3.8) is 0 Å². The van der Waals surface area contributed by atoms with Crippen molar-refractivity contribution in [2.45, 2.75) is 25.8 Å². The monoisotopic (exact) mass is 284 g/mol. The Morgan fingerprint density at radius 1 is 1.29 bits per heavy atom. The summed E-state index contributed by atoms with van der Waals surface area (Å²) in [7, 11) is 0. The van der Waals surface area contributed by atoms with Gasteiger partial charge in [0.15, 0.2) is 0 Å². The van der Waals surface area contributed by atoms with E-state index in [1.54, 1.807) is 6.92 Å². The second-order valence-electron chi connectivity index (χ2n) is 5.51. The fourth-order valence-electron chi connectivity index (χ4n) is 2.79. The van der Waals surface area contributed by atoms with Gasteiger partial charge in [0.05, 0.1) is 17.6 Å². The van der Waals surface area contributed by atoms with Gasteiger partial charge in [-0.15, -0.1) is 0 Å². The number of amides is 1. The second kappa shape index (κ2) is 4.97. The molecular weight excluding hydrogens is 267 g/mol.